The molecule has 6 nitrogen and oxygen atoms in total. The van der Waals surface area contributed by atoms with Crippen LogP contribution in [0.3, 0.4) is 0 Å². The number of ether oxygens (including phenoxy) is 1. The van der Waals surface area contributed by atoms with Gasteiger partial charge in [-0.25, -0.2) is 0 Å². The number of amides is 1. The van der Waals surface area contributed by atoms with Crippen LogP contribution in [-0.4, -0.2) is 50.6 Å². The van der Waals surface area contributed by atoms with Gasteiger partial charge in [-0.15, -0.1) is 0 Å². The predicted octanol–water partition coefficient (Wildman–Crippen LogP) is 2.77. The molecule has 0 saturated carbocycles. The van der Waals surface area contributed by atoms with Crippen molar-refractivity contribution in [3.63, 3.8) is 0 Å². The van der Waals surface area contributed by atoms with Crippen LogP contribution in [0.1, 0.15) is 29.5 Å². The maximum Gasteiger partial charge on any atom is 0.222 e. The maximum atomic E-state index is 12.5. The highest BCUT2D eigenvalue weighted by Crippen LogP contribution is 2.19. The molecule has 0 spiro atoms. The topological polar surface area (TPSA) is 66.0 Å². The standard InChI is InChI=1S/C24H32N4O2/c1-25-24(27-16-13-19-9-11-22(30-2)12-10-19)26-15-5-8-23(29)28-17-14-20-6-3-4-7-21(20)18-28/h3-4,6-7,9-12H,5,8,13-18H2,1-2H3,(H2,25,26,27). The number of benzene rings is 2. The number of rotatable bonds is 8. The smallest absolute Gasteiger partial charge is 0.222 e. The highest BCUT2D eigenvalue weighted by atomic mass is 16.5. The van der Waals surface area contributed by atoms with Crippen molar-refractivity contribution in [1.82, 2.24) is 15.5 Å². The summed E-state index contributed by atoms with van der Waals surface area (Å²) in [5.74, 6) is 1.86. The fourth-order valence-corrected chi connectivity index (χ4v) is 3.65. The first kappa shape index (κ1) is 21.7. The second kappa shape index (κ2) is 11.2. The van der Waals surface area contributed by atoms with Crippen molar-refractivity contribution < 1.29 is 9.53 Å². The Morgan fingerprint density at radius 3 is 2.53 bits per heavy atom. The van der Waals surface area contributed by atoms with E-state index in [0.717, 1.165) is 57.2 Å². The lowest BCUT2D eigenvalue weighted by Crippen LogP contribution is -2.39. The molecule has 6 heteroatoms. The molecule has 0 aromatic heterocycles. The number of fused-ring (bicyclic) bond motifs is 1. The molecule has 0 radical (unpaired) electrons. The summed E-state index contributed by atoms with van der Waals surface area (Å²) in [4.78, 5) is 18.8. The van der Waals surface area contributed by atoms with Crippen LogP contribution >= 0.6 is 0 Å². The predicted molar refractivity (Wildman–Crippen MR) is 121 cm³/mol. The number of methoxy groups -OCH3 is 1. The third-order valence-corrected chi connectivity index (χ3v) is 5.43. The van der Waals surface area contributed by atoms with Gasteiger partial charge in [-0.3, -0.25) is 9.79 Å². The molecule has 0 bridgehead atoms. The van der Waals surface area contributed by atoms with Gasteiger partial charge in [0.2, 0.25) is 5.91 Å². The number of guanidine groups is 1. The summed E-state index contributed by atoms with van der Waals surface area (Å²) in [5.41, 5.74) is 3.89. The molecule has 0 fully saturated rings. The Bertz CT molecular complexity index is 849. The van der Waals surface area contributed by atoms with Crippen LogP contribution in [-0.2, 0) is 24.2 Å². The van der Waals surface area contributed by atoms with E-state index in [4.69, 9.17) is 4.74 Å². The Kier molecular flexibility index (Phi) is 8.12. The van der Waals surface area contributed by atoms with Crippen molar-refractivity contribution in [1.29, 1.82) is 0 Å². The van der Waals surface area contributed by atoms with Gasteiger partial charge in [0.05, 0.1) is 7.11 Å². The summed E-state index contributed by atoms with van der Waals surface area (Å²) in [7, 11) is 3.43. The number of hydrogen-bond acceptors (Lipinski definition) is 3. The van der Waals surface area contributed by atoms with Crippen LogP contribution in [0.2, 0.25) is 0 Å². The first-order valence-corrected chi connectivity index (χ1v) is 10.6. The Hall–Kier alpha value is -3.02. The van der Waals surface area contributed by atoms with Gasteiger partial charge in [0, 0.05) is 39.6 Å². The minimum atomic E-state index is 0.230. The molecule has 1 aliphatic heterocycles. The SMILES string of the molecule is CN=C(NCCCC(=O)N1CCc2ccccc2C1)NCCc1ccc(OC)cc1. The van der Waals surface area contributed by atoms with Crippen LogP contribution in [0, 0.1) is 0 Å². The normalized spacial score (nSPS) is 13.5. The zero-order chi connectivity index (χ0) is 21.2. The monoisotopic (exact) mass is 408 g/mol. The second-order valence-electron chi connectivity index (χ2n) is 7.46. The quantitative estimate of drug-likeness (QED) is 0.400. The molecule has 1 amide bonds. The van der Waals surface area contributed by atoms with Gasteiger partial charge in [-0.2, -0.15) is 0 Å². The molecule has 2 N–H and O–H groups in total. The van der Waals surface area contributed by atoms with E-state index < -0.39 is 0 Å². The molecular formula is C24H32N4O2. The molecule has 0 atom stereocenters. The number of carbonyl (C=O) groups excluding carboxylic acids is 1. The molecule has 30 heavy (non-hydrogen) atoms. The third-order valence-electron chi connectivity index (χ3n) is 5.43. The van der Waals surface area contributed by atoms with Gasteiger partial charge in [-0.1, -0.05) is 36.4 Å². The maximum absolute atomic E-state index is 12.5. The van der Waals surface area contributed by atoms with Crippen molar-refractivity contribution in [2.24, 2.45) is 4.99 Å². The van der Waals surface area contributed by atoms with E-state index in [0.29, 0.717) is 6.42 Å². The van der Waals surface area contributed by atoms with E-state index in [1.807, 2.05) is 23.1 Å². The number of aliphatic imine (C=N–C) groups is 1. The lowest BCUT2D eigenvalue weighted by Gasteiger charge is -2.29. The van der Waals surface area contributed by atoms with Crippen molar-refractivity contribution >= 4 is 11.9 Å². The van der Waals surface area contributed by atoms with Crippen LogP contribution in [0.25, 0.3) is 0 Å². The van der Waals surface area contributed by atoms with Crippen LogP contribution in [0.5, 0.6) is 5.75 Å². The summed E-state index contributed by atoms with van der Waals surface area (Å²) >= 11 is 0. The number of carbonyl (C=O) groups is 1. The third kappa shape index (κ3) is 6.24. The zero-order valence-corrected chi connectivity index (χ0v) is 18.0. The number of hydrogen-bond donors (Lipinski definition) is 2. The van der Waals surface area contributed by atoms with Gasteiger partial charge < -0.3 is 20.3 Å². The summed E-state index contributed by atoms with van der Waals surface area (Å²) in [5, 5.41) is 6.62. The van der Waals surface area contributed by atoms with Crippen molar-refractivity contribution in [3.8, 4) is 5.75 Å². The average Bonchev–Trinajstić information content (AvgIpc) is 2.80. The fraction of sp³-hybridized carbons (Fsp3) is 0.417. The molecule has 0 saturated heterocycles. The van der Waals surface area contributed by atoms with Crippen LogP contribution in [0.4, 0.5) is 0 Å². The molecular weight excluding hydrogens is 376 g/mol. The highest BCUT2D eigenvalue weighted by Gasteiger charge is 2.19. The van der Waals surface area contributed by atoms with E-state index >= 15 is 0 Å². The molecule has 1 aliphatic rings. The zero-order valence-electron chi connectivity index (χ0n) is 18.0. The van der Waals surface area contributed by atoms with Gasteiger partial charge >= 0.3 is 0 Å². The molecule has 160 valence electrons. The van der Waals surface area contributed by atoms with Gasteiger partial charge in [0.15, 0.2) is 5.96 Å². The lowest BCUT2D eigenvalue weighted by molar-refractivity contribution is -0.132. The summed E-state index contributed by atoms with van der Waals surface area (Å²) in [6.45, 7) is 3.06. The van der Waals surface area contributed by atoms with Gasteiger partial charge in [0.25, 0.3) is 0 Å². The minimum Gasteiger partial charge on any atom is -0.497 e. The largest absolute Gasteiger partial charge is 0.497 e. The van der Waals surface area contributed by atoms with E-state index in [2.05, 4.69) is 46.0 Å². The van der Waals surface area contributed by atoms with Crippen LogP contribution in [0.15, 0.2) is 53.5 Å². The van der Waals surface area contributed by atoms with E-state index in [-0.39, 0.29) is 5.91 Å². The summed E-state index contributed by atoms with van der Waals surface area (Å²) in [6.07, 6.45) is 3.19. The first-order chi connectivity index (χ1) is 14.7. The average molecular weight is 409 g/mol. The van der Waals surface area contributed by atoms with E-state index in [1.165, 1.54) is 16.7 Å². The van der Waals surface area contributed by atoms with Crippen molar-refractivity contribution in [2.75, 3.05) is 33.8 Å². The Balaban J connectivity index is 1.32. The van der Waals surface area contributed by atoms with E-state index in [1.54, 1.807) is 14.2 Å². The highest BCUT2D eigenvalue weighted by molar-refractivity contribution is 5.80. The number of nitrogens with zero attached hydrogens (tertiary/aromatic N) is 2. The van der Waals surface area contributed by atoms with Gasteiger partial charge in [-0.05, 0) is 48.1 Å². The Morgan fingerprint density at radius 1 is 1.07 bits per heavy atom. The minimum absolute atomic E-state index is 0.230. The Morgan fingerprint density at radius 2 is 1.80 bits per heavy atom. The summed E-state index contributed by atoms with van der Waals surface area (Å²) in [6, 6.07) is 16.5. The van der Waals surface area contributed by atoms with Crippen LogP contribution < -0.4 is 15.4 Å². The first-order valence-electron chi connectivity index (χ1n) is 10.6. The molecule has 0 unspecified atom stereocenters. The number of nitrogens with one attached hydrogen (secondary N) is 2. The van der Waals surface area contributed by atoms with Crippen molar-refractivity contribution in [3.05, 3.63) is 65.2 Å². The molecule has 2 aromatic rings. The molecule has 0 aliphatic carbocycles. The Labute approximate surface area is 179 Å². The van der Waals surface area contributed by atoms with Crippen molar-refractivity contribution in [2.45, 2.75) is 32.2 Å². The second-order valence-corrected chi connectivity index (χ2v) is 7.46. The molecule has 2 aromatic carbocycles. The fourth-order valence-electron chi connectivity index (χ4n) is 3.65. The van der Waals surface area contributed by atoms with Gasteiger partial charge in [0.1, 0.15) is 5.75 Å². The van der Waals surface area contributed by atoms with E-state index in [9.17, 15) is 4.79 Å². The summed E-state index contributed by atoms with van der Waals surface area (Å²) < 4.78 is 5.18. The lowest BCUT2D eigenvalue weighted by atomic mass is 9.99. The molecule has 1 heterocycles. The molecule has 3 rings (SSSR count).